The van der Waals surface area contributed by atoms with Gasteiger partial charge >= 0.3 is 0 Å². The van der Waals surface area contributed by atoms with Crippen molar-refractivity contribution in [3.05, 3.63) is 24.3 Å². The highest BCUT2D eigenvalue weighted by Gasteiger charge is 2.41. The lowest BCUT2D eigenvalue weighted by atomic mass is 10.1. The van der Waals surface area contributed by atoms with Gasteiger partial charge in [-0.15, -0.1) is 0 Å². The SMILES string of the molecule is OCC1(CNCc2ncccn2)CC1. The molecule has 2 rings (SSSR count). The summed E-state index contributed by atoms with van der Waals surface area (Å²) in [6.45, 7) is 1.83. The summed E-state index contributed by atoms with van der Waals surface area (Å²) in [6, 6.07) is 1.81. The Morgan fingerprint density at radius 3 is 2.64 bits per heavy atom. The minimum absolute atomic E-state index is 0.161. The first-order chi connectivity index (χ1) is 6.85. The van der Waals surface area contributed by atoms with Crippen molar-refractivity contribution >= 4 is 0 Å². The fourth-order valence-electron chi connectivity index (χ4n) is 1.43. The van der Waals surface area contributed by atoms with Crippen molar-refractivity contribution in [2.24, 2.45) is 5.41 Å². The summed E-state index contributed by atoms with van der Waals surface area (Å²) in [7, 11) is 0. The summed E-state index contributed by atoms with van der Waals surface area (Å²) in [5, 5.41) is 12.4. The van der Waals surface area contributed by atoms with Crippen molar-refractivity contribution in [2.45, 2.75) is 19.4 Å². The van der Waals surface area contributed by atoms with Gasteiger partial charge in [-0.25, -0.2) is 9.97 Å². The Kier molecular flexibility index (Phi) is 2.74. The molecule has 76 valence electrons. The first-order valence-electron chi connectivity index (χ1n) is 4.92. The van der Waals surface area contributed by atoms with Gasteiger partial charge in [0.05, 0.1) is 6.54 Å². The number of aromatic nitrogens is 2. The fraction of sp³-hybridized carbons (Fsp3) is 0.600. The second kappa shape index (κ2) is 4.02. The lowest BCUT2D eigenvalue weighted by Gasteiger charge is -2.11. The van der Waals surface area contributed by atoms with E-state index in [1.165, 1.54) is 0 Å². The van der Waals surface area contributed by atoms with Crippen LogP contribution in [0.3, 0.4) is 0 Å². The smallest absolute Gasteiger partial charge is 0.141 e. The Labute approximate surface area is 83.4 Å². The van der Waals surface area contributed by atoms with E-state index in [9.17, 15) is 0 Å². The van der Waals surface area contributed by atoms with Gasteiger partial charge in [0.1, 0.15) is 5.82 Å². The molecule has 4 heteroatoms. The zero-order valence-corrected chi connectivity index (χ0v) is 8.11. The number of rotatable bonds is 5. The standard InChI is InChI=1S/C10H15N3O/c14-8-10(2-3-10)7-11-6-9-12-4-1-5-13-9/h1,4-5,11,14H,2-3,6-8H2. The van der Waals surface area contributed by atoms with Crippen LogP contribution in [0.2, 0.25) is 0 Å². The van der Waals surface area contributed by atoms with Crippen molar-refractivity contribution < 1.29 is 5.11 Å². The second-order valence-electron chi connectivity index (χ2n) is 3.93. The van der Waals surface area contributed by atoms with E-state index in [2.05, 4.69) is 15.3 Å². The highest BCUT2D eigenvalue weighted by atomic mass is 16.3. The van der Waals surface area contributed by atoms with Gasteiger partial charge in [0.15, 0.2) is 0 Å². The van der Waals surface area contributed by atoms with Crippen molar-refractivity contribution in [2.75, 3.05) is 13.2 Å². The predicted molar refractivity (Wildman–Crippen MR) is 52.5 cm³/mol. The van der Waals surface area contributed by atoms with Crippen molar-refractivity contribution in [1.29, 1.82) is 0 Å². The number of nitrogens with zero attached hydrogens (tertiary/aromatic N) is 2. The summed E-state index contributed by atoms with van der Waals surface area (Å²) in [4.78, 5) is 8.22. The summed E-state index contributed by atoms with van der Waals surface area (Å²) >= 11 is 0. The van der Waals surface area contributed by atoms with E-state index < -0.39 is 0 Å². The molecule has 1 saturated carbocycles. The molecule has 0 aromatic carbocycles. The van der Waals surface area contributed by atoms with Gasteiger partial charge in [0.2, 0.25) is 0 Å². The molecule has 1 aromatic rings. The third-order valence-electron chi connectivity index (χ3n) is 2.69. The van der Waals surface area contributed by atoms with Gasteiger partial charge in [-0.2, -0.15) is 0 Å². The zero-order valence-electron chi connectivity index (χ0n) is 8.11. The number of aliphatic hydroxyl groups excluding tert-OH is 1. The number of hydrogen-bond donors (Lipinski definition) is 2. The molecule has 0 saturated heterocycles. The molecular weight excluding hydrogens is 178 g/mol. The van der Waals surface area contributed by atoms with Gasteiger partial charge in [0, 0.05) is 31.0 Å². The van der Waals surface area contributed by atoms with Crippen LogP contribution in [0.5, 0.6) is 0 Å². The molecule has 0 spiro atoms. The van der Waals surface area contributed by atoms with E-state index in [1.807, 2.05) is 0 Å². The second-order valence-corrected chi connectivity index (χ2v) is 3.93. The molecule has 1 fully saturated rings. The molecule has 1 aromatic heterocycles. The quantitative estimate of drug-likeness (QED) is 0.708. The number of hydrogen-bond acceptors (Lipinski definition) is 4. The number of nitrogens with one attached hydrogen (secondary N) is 1. The van der Waals surface area contributed by atoms with Gasteiger partial charge in [-0.05, 0) is 18.9 Å². The first-order valence-corrected chi connectivity index (χ1v) is 4.92. The van der Waals surface area contributed by atoms with E-state index in [-0.39, 0.29) is 12.0 Å². The Balaban J connectivity index is 1.73. The Morgan fingerprint density at radius 2 is 2.07 bits per heavy atom. The molecule has 1 aliphatic rings. The predicted octanol–water partition coefficient (Wildman–Crippen LogP) is 0.339. The van der Waals surface area contributed by atoms with E-state index in [1.54, 1.807) is 18.5 Å². The van der Waals surface area contributed by atoms with Crippen molar-refractivity contribution in [1.82, 2.24) is 15.3 Å². The monoisotopic (exact) mass is 193 g/mol. The van der Waals surface area contributed by atoms with Crippen molar-refractivity contribution in [3.63, 3.8) is 0 Å². The maximum absolute atomic E-state index is 9.08. The molecule has 4 nitrogen and oxygen atoms in total. The molecule has 14 heavy (non-hydrogen) atoms. The van der Waals surface area contributed by atoms with Crippen molar-refractivity contribution in [3.8, 4) is 0 Å². The normalized spacial score (nSPS) is 18.1. The van der Waals surface area contributed by atoms with Gasteiger partial charge < -0.3 is 10.4 Å². The van der Waals surface area contributed by atoms with Crippen LogP contribution >= 0.6 is 0 Å². The lowest BCUT2D eigenvalue weighted by Crippen LogP contribution is -2.26. The summed E-state index contributed by atoms with van der Waals surface area (Å²) in [6.07, 6.45) is 5.74. The topological polar surface area (TPSA) is 58.0 Å². The molecule has 0 unspecified atom stereocenters. The van der Waals surface area contributed by atoms with E-state index in [4.69, 9.17) is 5.11 Å². The third-order valence-corrected chi connectivity index (χ3v) is 2.69. The van der Waals surface area contributed by atoms with Crippen LogP contribution in [-0.2, 0) is 6.54 Å². The largest absolute Gasteiger partial charge is 0.396 e. The Bertz CT molecular complexity index is 285. The fourth-order valence-corrected chi connectivity index (χ4v) is 1.43. The average Bonchev–Trinajstić information content (AvgIpc) is 3.00. The van der Waals surface area contributed by atoms with Crippen LogP contribution in [0.15, 0.2) is 18.5 Å². The Hall–Kier alpha value is -1.00. The maximum atomic E-state index is 9.08. The molecule has 0 aliphatic heterocycles. The minimum Gasteiger partial charge on any atom is -0.396 e. The van der Waals surface area contributed by atoms with Gasteiger partial charge in [0.25, 0.3) is 0 Å². The molecule has 0 amide bonds. The van der Waals surface area contributed by atoms with E-state index >= 15 is 0 Å². The molecule has 0 radical (unpaired) electrons. The Morgan fingerprint density at radius 1 is 1.36 bits per heavy atom. The average molecular weight is 193 g/mol. The first kappa shape index (κ1) is 9.55. The van der Waals surface area contributed by atoms with Crippen LogP contribution in [-0.4, -0.2) is 28.2 Å². The number of aliphatic hydroxyl groups is 1. The van der Waals surface area contributed by atoms with E-state index in [0.717, 1.165) is 25.2 Å². The van der Waals surface area contributed by atoms with Crippen LogP contribution in [0.25, 0.3) is 0 Å². The molecule has 0 bridgehead atoms. The van der Waals surface area contributed by atoms with Crippen LogP contribution < -0.4 is 5.32 Å². The summed E-state index contributed by atoms with van der Waals surface area (Å²) in [5.74, 6) is 0.807. The molecule has 1 heterocycles. The van der Waals surface area contributed by atoms with E-state index in [0.29, 0.717) is 6.54 Å². The van der Waals surface area contributed by atoms with Crippen LogP contribution in [0.1, 0.15) is 18.7 Å². The summed E-state index contributed by atoms with van der Waals surface area (Å²) in [5.41, 5.74) is 0.161. The lowest BCUT2D eigenvalue weighted by molar-refractivity contribution is 0.207. The van der Waals surface area contributed by atoms with Crippen LogP contribution in [0.4, 0.5) is 0 Å². The highest BCUT2D eigenvalue weighted by Crippen LogP contribution is 2.44. The molecule has 2 N–H and O–H groups in total. The maximum Gasteiger partial charge on any atom is 0.141 e. The third kappa shape index (κ3) is 2.27. The molecule has 0 atom stereocenters. The molecular formula is C10H15N3O. The minimum atomic E-state index is 0.161. The zero-order chi connectivity index (χ0) is 9.86. The van der Waals surface area contributed by atoms with Gasteiger partial charge in [-0.3, -0.25) is 0 Å². The van der Waals surface area contributed by atoms with Crippen LogP contribution in [0, 0.1) is 5.41 Å². The highest BCUT2D eigenvalue weighted by molar-refractivity contribution is 4.95. The van der Waals surface area contributed by atoms with Gasteiger partial charge in [-0.1, -0.05) is 0 Å². The molecule has 1 aliphatic carbocycles. The summed E-state index contributed by atoms with van der Waals surface area (Å²) < 4.78 is 0.